The molecule has 0 bridgehead atoms. The van der Waals surface area contributed by atoms with E-state index in [1.54, 1.807) is 6.07 Å². The number of aryl methyl sites for hydroxylation is 1. The van der Waals surface area contributed by atoms with E-state index in [9.17, 15) is 4.39 Å². The predicted molar refractivity (Wildman–Crippen MR) is 85.8 cm³/mol. The first-order valence-corrected chi connectivity index (χ1v) is 7.64. The number of hydrogen-bond acceptors (Lipinski definition) is 1. The Kier molecular flexibility index (Phi) is 5.19. The molecule has 0 heterocycles. The van der Waals surface area contributed by atoms with Crippen LogP contribution in [0.1, 0.15) is 29.7 Å². The van der Waals surface area contributed by atoms with Crippen molar-refractivity contribution in [2.75, 3.05) is 6.54 Å². The van der Waals surface area contributed by atoms with Crippen LogP contribution in [-0.2, 0) is 0 Å². The Labute approximate surface area is 132 Å². The zero-order valence-electron chi connectivity index (χ0n) is 11.4. The molecular weight excluding hydrogens is 341 g/mol. The summed E-state index contributed by atoms with van der Waals surface area (Å²) in [6.07, 6.45) is 0. The highest BCUT2D eigenvalue weighted by atomic mass is 79.9. The summed E-state index contributed by atoms with van der Waals surface area (Å²) in [6.45, 7) is 4.82. The molecule has 0 aromatic heterocycles. The van der Waals surface area contributed by atoms with Crippen LogP contribution >= 0.6 is 27.5 Å². The van der Waals surface area contributed by atoms with Gasteiger partial charge in [0.1, 0.15) is 5.82 Å². The molecule has 0 fully saturated rings. The lowest BCUT2D eigenvalue weighted by molar-refractivity contribution is 0.611. The summed E-state index contributed by atoms with van der Waals surface area (Å²) in [5.74, 6) is -0.252. The van der Waals surface area contributed by atoms with Gasteiger partial charge in [-0.1, -0.05) is 52.7 Å². The van der Waals surface area contributed by atoms with Gasteiger partial charge in [0, 0.05) is 9.50 Å². The van der Waals surface area contributed by atoms with E-state index in [2.05, 4.69) is 21.2 Å². The first-order chi connectivity index (χ1) is 9.52. The van der Waals surface area contributed by atoms with E-state index in [0.717, 1.165) is 32.7 Å². The van der Waals surface area contributed by atoms with Gasteiger partial charge in [-0.05, 0) is 48.4 Å². The normalized spacial score (nSPS) is 12.4. The third-order valence-electron chi connectivity index (χ3n) is 3.21. The third kappa shape index (κ3) is 3.40. The average molecular weight is 357 g/mol. The van der Waals surface area contributed by atoms with Crippen LogP contribution in [0.5, 0.6) is 0 Å². The first-order valence-electron chi connectivity index (χ1n) is 6.47. The number of rotatable bonds is 4. The lowest BCUT2D eigenvalue weighted by atomic mass is 9.97. The van der Waals surface area contributed by atoms with Crippen molar-refractivity contribution in [3.63, 3.8) is 0 Å². The molecule has 0 aliphatic carbocycles. The van der Waals surface area contributed by atoms with Gasteiger partial charge in [0.05, 0.1) is 6.04 Å². The highest BCUT2D eigenvalue weighted by molar-refractivity contribution is 9.10. The molecule has 1 N–H and O–H groups in total. The van der Waals surface area contributed by atoms with Crippen LogP contribution in [0.2, 0.25) is 5.02 Å². The second-order valence-corrected chi connectivity index (χ2v) is 5.93. The molecule has 0 aliphatic heterocycles. The summed E-state index contributed by atoms with van der Waals surface area (Å²) in [4.78, 5) is 0. The van der Waals surface area contributed by atoms with Gasteiger partial charge < -0.3 is 5.32 Å². The van der Waals surface area contributed by atoms with Gasteiger partial charge in [-0.3, -0.25) is 0 Å². The van der Waals surface area contributed by atoms with Gasteiger partial charge >= 0.3 is 0 Å². The van der Waals surface area contributed by atoms with Crippen molar-refractivity contribution in [2.24, 2.45) is 0 Å². The van der Waals surface area contributed by atoms with E-state index < -0.39 is 0 Å². The quantitative estimate of drug-likeness (QED) is 0.789. The topological polar surface area (TPSA) is 12.0 Å². The van der Waals surface area contributed by atoms with Crippen LogP contribution in [-0.4, -0.2) is 6.54 Å². The van der Waals surface area contributed by atoms with Gasteiger partial charge in [0.2, 0.25) is 0 Å². The number of benzene rings is 2. The standard InChI is InChI=1S/C16H16BrClFN/c1-3-20-16(11-5-4-10(2)15(18)8-11)13-7-6-12(19)9-14(13)17/h4-9,16,20H,3H2,1-2H3. The molecule has 0 amide bonds. The summed E-state index contributed by atoms with van der Waals surface area (Å²) < 4.78 is 14.0. The minimum absolute atomic E-state index is 0.0203. The van der Waals surface area contributed by atoms with E-state index in [0.29, 0.717) is 0 Å². The Bertz CT molecular complexity index is 615. The lowest BCUT2D eigenvalue weighted by Crippen LogP contribution is -2.22. The highest BCUT2D eigenvalue weighted by Crippen LogP contribution is 2.31. The molecule has 1 unspecified atom stereocenters. The van der Waals surface area contributed by atoms with E-state index in [4.69, 9.17) is 11.6 Å². The summed E-state index contributed by atoms with van der Waals surface area (Å²) in [7, 11) is 0. The SMILES string of the molecule is CCNC(c1ccc(C)c(Cl)c1)c1ccc(F)cc1Br. The van der Waals surface area contributed by atoms with Gasteiger partial charge in [-0.15, -0.1) is 0 Å². The van der Waals surface area contributed by atoms with Crippen LogP contribution < -0.4 is 5.32 Å². The molecule has 4 heteroatoms. The maximum absolute atomic E-state index is 13.2. The Morgan fingerprint density at radius 2 is 2.00 bits per heavy atom. The second-order valence-electron chi connectivity index (χ2n) is 4.67. The Morgan fingerprint density at radius 3 is 2.60 bits per heavy atom. The monoisotopic (exact) mass is 355 g/mol. The van der Waals surface area contributed by atoms with Crippen LogP contribution in [0.15, 0.2) is 40.9 Å². The van der Waals surface area contributed by atoms with Crippen molar-refractivity contribution in [2.45, 2.75) is 19.9 Å². The molecule has 1 nitrogen and oxygen atoms in total. The predicted octanol–water partition coefficient (Wildman–Crippen LogP) is 5.25. The second kappa shape index (κ2) is 6.70. The van der Waals surface area contributed by atoms with Crippen LogP contribution in [0.3, 0.4) is 0 Å². The Balaban J connectivity index is 2.47. The molecule has 0 aliphatic rings. The van der Waals surface area contributed by atoms with E-state index in [1.807, 2.05) is 32.0 Å². The zero-order valence-corrected chi connectivity index (χ0v) is 13.7. The summed E-state index contributed by atoms with van der Waals surface area (Å²) in [6, 6.07) is 10.7. The van der Waals surface area contributed by atoms with Crippen molar-refractivity contribution >= 4 is 27.5 Å². The first kappa shape index (κ1) is 15.5. The molecule has 2 rings (SSSR count). The maximum atomic E-state index is 13.2. The van der Waals surface area contributed by atoms with Crippen LogP contribution in [0.4, 0.5) is 4.39 Å². The van der Waals surface area contributed by atoms with Crippen molar-refractivity contribution < 1.29 is 4.39 Å². The van der Waals surface area contributed by atoms with Crippen molar-refractivity contribution in [1.82, 2.24) is 5.32 Å². The molecule has 20 heavy (non-hydrogen) atoms. The highest BCUT2D eigenvalue weighted by Gasteiger charge is 2.17. The van der Waals surface area contributed by atoms with Gasteiger partial charge in [0.25, 0.3) is 0 Å². The summed E-state index contributed by atoms with van der Waals surface area (Å²) >= 11 is 9.65. The Hall–Kier alpha value is -0.900. The molecule has 106 valence electrons. The molecule has 0 saturated heterocycles. The summed E-state index contributed by atoms with van der Waals surface area (Å²) in [5.41, 5.74) is 3.10. The number of halogens is 3. The van der Waals surface area contributed by atoms with Crippen LogP contribution in [0, 0.1) is 12.7 Å². The van der Waals surface area contributed by atoms with Crippen LogP contribution in [0.25, 0.3) is 0 Å². The van der Waals surface area contributed by atoms with Gasteiger partial charge in [0.15, 0.2) is 0 Å². The van der Waals surface area contributed by atoms with E-state index in [-0.39, 0.29) is 11.9 Å². The minimum Gasteiger partial charge on any atom is -0.306 e. The van der Waals surface area contributed by atoms with Crippen molar-refractivity contribution in [3.8, 4) is 0 Å². The van der Waals surface area contributed by atoms with Gasteiger partial charge in [-0.2, -0.15) is 0 Å². The summed E-state index contributed by atoms with van der Waals surface area (Å²) in [5, 5.41) is 4.15. The fraction of sp³-hybridized carbons (Fsp3) is 0.250. The maximum Gasteiger partial charge on any atom is 0.124 e. The third-order valence-corrected chi connectivity index (χ3v) is 4.30. The van der Waals surface area contributed by atoms with Crippen molar-refractivity contribution in [1.29, 1.82) is 0 Å². The molecule has 0 saturated carbocycles. The molecule has 2 aromatic rings. The number of nitrogens with one attached hydrogen (secondary N) is 1. The average Bonchev–Trinajstić information content (AvgIpc) is 2.40. The molecule has 0 spiro atoms. The van der Waals surface area contributed by atoms with E-state index in [1.165, 1.54) is 12.1 Å². The largest absolute Gasteiger partial charge is 0.306 e. The van der Waals surface area contributed by atoms with E-state index >= 15 is 0 Å². The van der Waals surface area contributed by atoms with Crippen molar-refractivity contribution in [3.05, 3.63) is 68.4 Å². The zero-order chi connectivity index (χ0) is 14.7. The molecule has 2 aromatic carbocycles. The molecule has 1 atom stereocenters. The lowest BCUT2D eigenvalue weighted by Gasteiger charge is -2.21. The molecular formula is C16H16BrClFN. The smallest absolute Gasteiger partial charge is 0.124 e. The number of hydrogen-bond donors (Lipinski definition) is 1. The fourth-order valence-corrected chi connectivity index (χ4v) is 2.90. The minimum atomic E-state index is -0.252. The van der Waals surface area contributed by atoms with Gasteiger partial charge in [-0.25, -0.2) is 4.39 Å². The molecule has 0 radical (unpaired) electrons. The Morgan fingerprint density at radius 1 is 1.25 bits per heavy atom. The fourth-order valence-electron chi connectivity index (χ4n) is 2.14.